The Balaban J connectivity index is 1.43. The highest BCUT2D eigenvalue weighted by Gasteiger charge is 2.30. The first kappa shape index (κ1) is 23.7. The van der Waals surface area contributed by atoms with Crippen molar-refractivity contribution in [1.82, 2.24) is 5.32 Å². The summed E-state index contributed by atoms with van der Waals surface area (Å²) in [5.41, 5.74) is 4.51. The van der Waals surface area contributed by atoms with Crippen molar-refractivity contribution in [3.8, 4) is 11.1 Å². The van der Waals surface area contributed by atoms with Crippen molar-refractivity contribution >= 4 is 46.2 Å². The van der Waals surface area contributed by atoms with E-state index in [0.29, 0.717) is 9.26 Å². The number of carboxylic acid groups (broad SMARTS) is 1. The van der Waals surface area contributed by atoms with Crippen LogP contribution in [-0.4, -0.2) is 35.7 Å². The number of rotatable bonds is 7. The maximum atomic E-state index is 13.3. The maximum Gasteiger partial charge on any atom is 0.407 e. The molecule has 0 heterocycles. The molecule has 0 saturated heterocycles. The minimum Gasteiger partial charge on any atom is -0.481 e. The third-order valence-electron chi connectivity index (χ3n) is 5.52. The lowest BCUT2D eigenvalue weighted by atomic mass is 9.98. The van der Waals surface area contributed by atoms with Crippen LogP contribution in [0.5, 0.6) is 0 Å². The molecule has 174 valence electrons. The predicted octanol–water partition coefficient (Wildman–Crippen LogP) is 4.75. The molecule has 0 aromatic heterocycles. The Labute approximate surface area is 208 Å². The summed E-state index contributed by atoms with van der Waals surface area (Å²) < 4.78 is 19.2. The van der Waals surface area contributed by atoms with Crippen LogP contribution < -0.4 is 10.6 Å². The molecule has 1 aliphatic rings. The number of carboxylic acids is 1. The van der Waals surface area contributed by atoms with Gasteiger partial charge in [-0.25, -0.2) is 9.18 Å². The number of alkyl carbamates (subject to hydrolysis) is 1. The molecule has 0 saturated carbocycles. The lowest BCUT2D eigenvalue weighted by Gasteiger charge is -2.19. The van der Waals surface area contributed by atoms with Crippen LogP contribution in [0, 0.1) is 9.39 Å². The second-order valence-electron chi connectivity index (χ2n) is 7.73. The summed E-state index contributed by atoms with van der Waals surface area (Å²) in [4.78, 5) is 36.5. The molecule has 3 aromatic rings. The summed E-state index contributed by atoms with van der Waals surface area (Å²) in [7, 11) is 0. The van der Waals surface area contributed by atoms with Gasteiger partial charge in [0.1, 0.15) is 18.5 Å². The van der Waals surface area contributed by atoms with Gasteiger partial charge in [-0.05, 0) is 63.0 Å². The average molecular weight is 574 g/mol. The van der Waals surface area contributed by atoms with Crippen LogP contribution in [0.3, 0.4) is 0 Å². The monoisotopic (exact) mass is 574 g/mol. The van der Waals surface area contributed by atoms with Crippen LogP contribution in [0.25, 0.3) is 11.1 Å². The molecule has 0 radical (unpaired) electrons. The molecule has 1 aliphatic carbocycles. The third kappa shape index (κ3) is 5.19. The molecule has 34 heavy (non-hydrogen) atoms. The standard InChI is InChI=1S/C25H20FIN2O5/c26-14-9-10-21(20(27)11-14)28-24(32)22(12-23(30)31)29-25(33)34-13-19-17-7-3-1-5-15(17)16-6-2-4-8-18(16)19/h1-11,19,22H,12-13H2,(H,28,32)(H,29,33)(H,30,31). The number of anilines is 1. The second kappa shape index (κ2) is 10.2. The fraction of sp³-hybridized carbons (Fsp3) is 0.160. The second-order valence-corrected chi connectivity index (χ2v) is 8.90. The van der Waals surface area contributed by atoms with Gasteiger partial charge in [-0.3, -0.25) is 9.59 Å². The van der Waals surface area contributed by atoms with E-state index in [1.54, 1.807) is 0 Å². The lowest BCUT2D eigenvalue weighted by molar-refractivity contribution is -0.139. The summed E-state index contributed by atoms with van der Waals surface area (Å²) in [5, 5.41) is 14.1. The highest BCUT2D eigenvalue weighted by Crippen LogP contribution is 2.44. The van der Waals surface area contributed by atoms with Gasteiger partial charge in [0.15, 0.2) is 0 Å². The van der Waals surface area contributed by atoms with Crippen molar-refractivity contribution in [2.24, 2.45) is 0 Å². The molecule has 9 heteroatoms. The van der Waals surface area contributed by atoms with E-state index in [-0.39, 0.29) is 12.5 Å². The number of hydrogen-bond acceptors (Lipinski definition) is 4. The zero-order chi connectivity index (χ0) is 24.2. The Bertz CT molecular complexity index is 1220. The summed E-state index contributed by atoms with van der Waals surface area (Å²) >= 11 is 1.85. The van der Waals surface area contributed by atoms with Crippen molar-refractivity contribution < 1.29 is 28.6 Å². The van der Waals surface area contributed by atoms with E-state index in [0.717, 1.165) is 22.3 Å². The van der Waals surface area contributed by atoms with Crippen molar-refractivity contribution in [1.29, 1.82) is 0 Å². The Morgan fingerprint density at radius 1 is 1.00 bits per heavy atom. The fourth-order valence-electron chi connectivity index (χ4n) is 3.98. The fourth-order valence-corrected chi connectivity index (χ4v) is 4.59. The van der Waals surface area contributed by atoms with Crippen molar-refractivity contribution in [2.75, 3.05) is 11.9 Å². The molecular formula is C25H20FIN2O5. The maximum absolute atomic E-state index is 13.3. The first-order valence-electron chi connectivity index (χ1n) is 10.4. The van der Waals surface area contributed by atoms with Crippen LogP contribution >= 0.6 is 22.6 Å². The predicted molar refractivity (Wildman–Crippen MR) is 132 cm³/mol. The number of ether oxygens (including phenoxy) is 1. The quantitative estimate of drug-likeness (QED) is 0.354. The number of carbonyl (C=O) groups excluding carboxylic acids is 2. The van der Waals surface area contributed by atoms with E-state index < -0.39 is 36.2 Å². The first-order chi connectivity index (χ1) is 16.3. The number of fused-ring (bicyclic) bond motifs is 3. The Hall–Kier alpha value is -3.47. The molecule has 0 fully saturated rings. The Morgan fingerprint density at radius 2 is 1.62 bits per heavy atom. The number of carbonyl (C=O) groups is 3. The molecule has 4 rings (SSSR count). The molecular weight excluding hydrogens is 554 g/mol. The van der Waals surface area contributed by atoms with Crippen LogP contribution in [0.2, 0.25) is 0 Å². The molecule has 0 spiro atoms. The molecule has 1 unspecified atom stereocenters. The van der Waals surface area contributed by atoms with Crippen molar-refractivity contribution in [3.63, 3.8) is 0 Å². The zero-order valence-corrected chi connectivity index (χ0v) is 19.9. The summed E-state index contributed by atoms with van der Waals surface area (Å²) in [5.74, 6) is -2.67. The molecule has 3 N–H and O–H groups in total. The first-order valence-corrected chi connectivity index (χ1v) is 11.5. The average Bonchev–Trinajstić information content (AvgIpc) is 3.12. The van der Waals surface area contributed by atoms with E-state index in [2.05, 4.69) is 10.6 Å². The van der Waals surface area contributed by atoms with E-state index in [1.165, 1.54) is 18.2 Å². The van der Waals surface area contributed by atoms with Gasteiger partial charge in [0.05, 0.1) is 12.1 Å². The number of nitrogens with one attached hydrogen (secondary N) is 2. The van der Waals surface area contributed by atoms with E-state index in [4.69, 9.17) is 4.74 Å². The molecule has 0 bridgehead atoms. The van der Waals surface area contributed by atoms with Crippen LogP contribution in [0.15, 0.2) is 66.7 Å². The number of hydrogen-bond donors (Lipinski definition) is 3. The molecule has 0 aliphatic heterocycles. The molecule has 1 atom stereocenters. The molecule has 2 amide bonds. The van der Waals surface area contributed by atoms with Gasteiger partial charge in [0, 0.05) is 9.49 Å². The van der Waals surface area contributed by atoms with Crippen LogP contribution in [0.1, 0.15) is 23.5 Å². The highest BCUT2D eigenvalue weighted by atomic mass is 127. The number of aliphatic carboxylic acids is 1. The van der Waals surface area contributed by atoms with E-state index in [1.807, 2.05) is 71.1 Å². The summed E-state index contributed by atoms with van der Waals surface area (Å²) in [6.07, 6.45) is -1.55. The summed E-state index contributed by atoms with van der Waals surface area (Å²) in [6, 6.07) is 18.1. The summed E-state index contributed by atoms with van der Waals surface area (Å²) in [6.45, 7) is 0.0249. The van der Waals surface area contributed by atoms with Gasteiger partial charge in [0.2, 0.25) is 5.91 Å². The Kier molecular flexibility index (Phi) is 7.11. The van der Waals surface area contributed by atoms with E-state index >= 15 is 0 Å². The SMILES string of the molecule is O=C(O)CC(NC(=O)OCC1c2ccccc2-c2ccccc21)C(=O)Nc1ccc(F)cc1I. The number of benzene rings is 3. The van der Waals surface area contributed by atoms with Crippen LogP contribution in [0.4, 0.5) is 14.9 Å². The van der Waals surface area contributed by atoms with Gasteiger partial charge in [-0.2, -0.15) is 0 Å². The zero-order valence-electron chi connectivity index (χ0n) is 17.8. The Morgan fingerprint density at radius 3 is 2.21 bits per heavy atom. The van der Waals surface area contributed by atoms with Gasteiger partial charge < -0.3 is 20.5 Å². The molecule has 3 aromatic carbocycles. The minimum absolute atomic E-state index is 0.0249. The number of amides is 2. The largest absolute Gasteiger partial charge is 0.481 e. The topological polar surface area (TPSA) is 105 Å². The van der Waals surface area contributed by atoms with Gasteiger partial charge in [-0.1, -0.05) is 48.5 Å². The minimum atomic E-state index is -1.38. The van der Waals surface area contributed by atoms with Gasteiger partial charge >= 0.3 is 12.1 Å². The van der Waals surface area contributed by atoms with Crippen molar-refractivity contribution in [3.05, 3.63) is 87.2 Å². The van der Waals surface area contributed by atoms with Crippen LogP contribution in [-0.2, 0) is 14.3 Å². The smallest absolute Gasteiger partial charge is 0.407 e. The van der Waals surface area contributed by atoms with Gasteiger partial charge in [-0.15, -0.1) is 0 Å². The lowest BCUT2D eigenvalue weighted by Crippen LogP contribution is -2.45. The van der Waals surface area contributed by atoms with E-state index in [9.17, 15) is 23.9 Å². The molecule has 7 nitrogen and oxygen atoms in total. The normalized spacial score (nSPS) is 12.9. The third-order valence-corrected chi connectivity index (χ3v) is 6.41. The van der Waals surface area contributed by atoms with Gasteiger partial charge in [0.25, 0.3) is 0 Å². The highest BCUT2D eigenvalue weighted by molar-refractivity contribution is 14.1. The number of halogens is 2. The van der Waals surface area contributed by atoms with Crippen molar-refractivity contribution in [2.45, 2.75) is 18.4 Å².